The van der Waals surface area contributed by atoms with Crippen LogP contribution in [0.25, 0.3) is 0 Å². The van der Waals surface area contributed by atoms with E-state index in [0.717, 1.165) is 5.56 Å². The molecule has 2 fully saturated rings. The number of rotatable bonds is 5. The first kappa shape index (κ1) is 25.7. The lowest BCUT2D eigenvalue weighted by Gasteiger charge is -2.38. The molecule has 4 aliphatic rings. The van der Waals surface area contributed by atoms with Crippen LogP contribution in [0.15, 0.2) is 78.9 Å². The molecule has 6 rings (SSSR count). The summed E-state index contributed by atoms with van der Waals surface area (Å²) in [7, 11) is 3.34. The van der Waals surface area contributed by atoms with Crippen molar-refractivity contribution in [3.05, 3.63) is 84.5 Å². The van der Waals surface area contributed by atoms with Crippen LogP contribution in [0.4, 0.5) is 5.69 Å². The standard InChI is InChI=1S/C30H31N3O5S/c1-31-16-6-10-23-24(27(31)35)25-28(36)33(22(18-34)19-8-4-3-5-9-19)26-29(37)32(17-7-15-30(25,26)39-23)20-11-13-21(38-2)14-12-20/h3-15,22-26,34H,16-18H2,1-2H3/t22-,23-,24+,25+,26?,30+/m1/s1. The average Bonchev–Trinajstić information content (AvgIpc) is 3.28. The fraction of sp³-hybridized carbons (Fsp3) is 0.367. The lowest BCUT2D eigenvalue weighted by molar-refractivity contribution is -0.144. The van der Waals surface area contributed by atoms with Gasteiger partial charge in [-0.25, -0.2) is 0 Å². The second kappa shape index (κ2) is 9.88. The molecule has 39 heavy (non-hydrogen) atoms. The fourth-order valence-electron chi connectivity index (χ4n) is 6.56. The second-order valence-electron chi connectivity index (χ2n) is 10.4. The lowest BCUT2D eigenvalue weighted by atomic mass is 9.78. The van der Waals surface area contributed by atoms with E-state index >= 15 is 0 Å². The van der Waals surface area contributed by atoms with E-state index in [2.05, 4.69) is 0 Å². The molecule has 8 nitrogen and oxygen atoms in total. The molecule has 3 amide bonds. The Labute approximate surface area is 231 Å². The molecule has 0 aliphatic carbocycles. The smallest absolute Gasteiger partial charge is 0.251 e. The highest BCUT2D eigenvalue weighted by Crippen LogP contribution is 2.62. The van der Waals surface area contributed by atoms with Gasteiger partial charge in [-0.15, -0.1) is 11.8 Å². The number of likely N-dealkylation sites (tertiary alicyclic amines) is 1. The number of hydrogen-bond acceptors (Lipinski definition) is 6. The number of carbonyl (C=O) groups is 3. The number of nitrogens with zero attached hydrogens (tertiary/aromatic N) is 3. The van der Waals surface area contributed by atoms with Gasteiger partial charge in [-0.05, 0) is 29.8 Å². The van der Waals surface area contributed by atoms with Crippen LogP contribution in [0.3, 0.4) is 0 Å². The van der Waals surface area contributed by atoms with Gasteiger partial charge >= 0.3 is 0 Å². The van der Waals surface area contributed by atoms with Crippen LogP contribution in [0.1, 0.15) is 11.6 Å². The van der Waals surface area contributed by atoms with Crippen molar-refractivity contribution in [2.75, 3.05) is 38.8 Å². The van der Waals surface area contributed by atoms with Crippen molar-refractivity contribution in [3.63, 3.8) is 0 Å². The van der Waals surface area contributed by atoms with Gasteiger partial charge in [0, 0.05) is 31.1 Å². The number of fused-ring (bicyclic) bond motifs is 2. The highest BCUT2D eigenvalue weighted by Gasteiger charge is 2.71. The van der Waals surface area contributed by atoms with Gasteiger partial charge in [0.15, 0.2) is 0 Å². The zero-order valence-electron chi connectivity index (χ0n) is 21.8. The minimum Gasteiger partial charge on any atom is -0.497 e. The molecular formula is C30H31N3O5S. The number of hydrogen-bond donors (Lipinski definition) is 1. The summed E-state index contributed by atoms with van der Waals surface area (Å²) < 4.78 is 4.35. The first-order valence-electron chi connectivity index (χ1n) is 13.1. The van der Waals surface area contributed by atoms with Gasteiger partial charge in [0.2, 0.25) is 11.8 Å². The topological polar surface area (TPSA) is 90.4 Å². The van der Waals surface area contributed by atoms with Crippen LogP contribution in [0, 0.1) is 11.8 Å². The van der Waals surface area contributed by atoms with Crippen LogP contribution in [-0.2, 0) is 14.4 Å². The van der Waals surface area contributed by atoms with Crippen LogP contribution in [0.2, 0.25) is 0 Å². The van der Waals surface area contributed by atoms with E-state index in [1.807, 2.05) is 66.8 Å². The molecule has 202 valence electrons. The third-order valence-electron chi connectivity index (χ3n) is 8.38. The van der Waals surface area contributed by atoms with Crippen LogP contribution < -0.4 is 9.64 Å². The van der Waals surface area contributed by atoms with E-state index in [-0.39, 0.29) is 29.6 Å². The molecule has 4 aliphatic heterocycles. The van der Waals surface area contributed by atoms with Crippen LogP contribution >= 0.6 is 11.8 Å². The molecular weight excluding hydrogens is 514 g/mol. The van der Waals surface area contributed by atoms with Crippen molar-refractivity contribution in [3.8, 4) is 5.75 Å². The van der Waals surface area contributed by atoms with E-state index in [1.54, 1.807) is 41.0 Å². The van der Waals surface area contributed by atoms with Crippen molar-refractivity contribution in [2.24, 2.45) is 11.8 Å². The Morgan fingerprint density at radius 3 is 2.44 bits per heavy atom. The molecule has 1 unspecified atom stereocenters. The SMILES string of the molecule is COc1ccc(N2CC=C[C@]34S[C@@H]5C=CCN(C)C(=O)[C@@H]5[C@H]3C(=O)N([C@H](CO)c3ccccc3)C4C2=O)cc1. The van der Waals surface area contributed by atoms with Gasteiger partial charge < -0.3 is 24.5 Å². The number of benzene rings is 2. The Balaban J connectivity index is 1.50. The number of carbonyl (C=O) groups excluding carboxylic acids is 3. The van der Waals surface area contributed by atoms with E-state index < -0.39 is 28.7 Å². The number of amides is 3. The maximum atomic E-state index is 14.6. The Bertz CT molecular complexity index is 1350. The normalized spacial score (nSPS) is 30.5. The summed E-state index contributed by atoms with van der Waals surface area (Å²) in [5, 5.41) is 10.4. The van der Waals surface area contributed by atoms with Crippen LogP contribution in [-0.4, -0.2) is 82.5 Å². The molecule has 0 radical (unpaired) electrons. The molecule has 2 aromatic rings. The van der Waals surface area contributed by atoms with Crippen molar-refractivity contribution < 1.29 is 24.2 Å². The molecule has 4 heterocycles. The highest BCUT2D eigenvalue weighted by atomic mass is 32.2. The van der Waals surface area contributed by atoms with Gasteiger partial charge in [0.05, 0.1) is 36.3 Å². The zero-order chi connectivity index (χ0) is 27.3. The molecule has 2 aromatic carbocycles. The van der Waals surface area contributed by atoms with Crippen molar-refractivity contribution in [1.82, 2.24) is 9.80 Å². The fourth-order valence-corrected chi connectivity index (χ4v) is 8.56. The Kier molecular flexibility index (Phi) is 6.51. The summed E-state index contributed by atoms with van der Waals surface area (Å²) in [6.07, 6.45) is 7.92. The van der Waals surface area contributed by atoms with Gasteiger partial charge in [0.25, 0.3) is 5.91 Å². The van der Waals surface area contributed by atoms with Gasteiger partial charge in [-0.3, -0.25) is 14.4 Å². The number of likely N-dealkylation sites (N-methyl/N-ethyl adjacent to an activating group) is 1. The molecule has 0 bridgehead atoms. The zero-order valence-corrected chi connectivity index (χ0v) is 22.7. The molecule has 0 saturated carbocycles. The molecule has 1 spiro atoms. The van der Waals surface area contributed by atoms with E-state index in [9.17, 15) is 19.5 Å². The Morgan fingerprint density at radius 2 is 1.74 bits per heavy atom. The van der Waals surface area contributed by atoms with E-state index in [0.29, 0.717) is 24.5 Å². The highest BCUT2D eigenvalue weighted by molar-refractivity contribution is 8.02. The predicted molar refractivity (Wildman–Crippen MR) is 149 cm³/mol. The van der Waals surface area contributed by atoms with Crippen LogP contribution in [0.5, 0.6) is 5.75 Å². The maximum absolute atomic E-state index is 14.6. The summed E-state index contributed by atoms with van der Waals surface area (Å²) >= 11 is 1.53. The maximum Gasteiger partial charge on any atom is 0.251 e. The number of aliphatic hydroxyl groups is 1. The number of aliphatic hydroxyl groups excluding tert-OH is 1. The van der Waals surface area contributed by atoms with Crippen molar-refractivity contribution in [1.29, 1.82) is 0 Å². The summed E-state index contributed by atoms with van der Waals surface area (Å²) in [5.41, 5.74) is 1.43. The third-order valence-corrected chi connectivity index (χ3v) is 10.1. The Hall–Kier alpha value is -3.56. The van der Waals surface area contributed by atoms with Gasteiger partial charge in [-0.2, -0.15) is 0 Å². The van der Waals surface area contributed by atoms with Gasteiger partial charge in [-0.1, -0.05) is 54.6 Å². The molecule has 0 aromatic heterocycles. The number of methoxy groups -OCH3 is 1. The van der Waals surface area contributed by atoms with E-state index in [1.165, 1.54) is 11.8 Å². The summed E-state index contributed by atoms with van der Waals surface area (Å²) in [6.45, 7) is 0.463. The minimum atomic E-state index is -0.953. The molecule has 9 heteroatoms. The second-order valence-corrected chi connectivity index (χ2v) is 11.9. The average molecular weight is 546 g/mol. The number of ether oxygens (including phenoxy) is 1. The third kappa shape index (κ3) is 3.90. The van der Waals surface area contributed by atoms with Crippen molar-refractivity contribution in [2.45, 2.75) is 22.1 Å². The molecule has 2 saturated heterocycles. The Morgan fingerprint density at radius 1 is 1.00 bits per heavy atom. The van der Waals surface area contributed by atoms with Gasteiger partial charge in [0.1, 0.15) is 11.8 Å². The summed E-state index contributed by atoms with van der Waals surface area (Å²) in [5.74, 6) is -1.25. The summed E-state index contributed by atoms with van der Waals surface area (Å²) in [4.78, 5) is 47.6. The first-order valence-corrected chi connectivity index (χ1v) is 14.0. The summed E-state index contributed by atoms with van der Waals surface area (Å²) in [6, 6.07) is 14.9. The van der Waals surface area contributed by atoms with Crippen molar-refractivity contribution >= 4 is 35.2 Å². The van der Waals surface area contributed by atoms with E-state index in [4.69, 9.17) is 4.74 Å². The number of anilines is 1. The number of thioether (sulfide) groups is 1. The largest absolute Gasteiger partial charge is 0.497 e. The first-order chi connectivity index (χ1) is 18.9. The molecule has 1 N–H and O–H groups in total. The monoisotopic (exact) mass is 545 g/mol. The molecule has 6 atom stereocenters. The minimum absolute atomic E-state index is 0.0920. The lowest BCUT2D eigenvalue weighted by Crippen LogP contribution is -2.54. The quantitative estimate of drug-likeness (QED) is 0.581. The predicted octanol–water partition coefficient (Wildman–Crippen LogP) is 2.66.